The summed E-state index contributed by atoms with van der Waals surface area (Å²) in [5.41, 5.74) is 5.66. The average molecular weight is 344 g/mol. The quantitative estimate of drug-likeness (QED) is 0.711. The summed E-state index contributed by atoms with van der Waals surface area (Å²) < 4.78 is 6.02. The minimum Gasteiger partial charge on any atom is -0.472 e. The summed E-state index contributed by atoms with van der Waals surface area (Å²) in [5.74, 6) is 0.654. The van der Waals surface area contributed by atoms with Crippen LogP contribution in [0.15, 0.2) is 60.7 Å². The van der Waals surface area contributed by atoms with Gasteiger partial charge in [-0.05, 0) is 41.8 Å². The Hall–Kier alpha value is -3.14. The molecule has 4 heteroatoms. The number of amides is 1. The number of hydrogen-bond donors (Lipinski definition) is 0. The van der Waals surface area contributed by atoms with E-state index in [0.29, 0.717) is 19.0 Å². The number of nitrogens with zero attached hydrogens (tertiary/aromatic N) is 2. The van der Waals surface area contributed by atoms with Gasteiger partial charge in [-0.25, -0.2) is 4.98 Å². The highest BCUT2D eigenvalue weighted by atomic mass is 16.5. The van der Waals surface area contributed by atoms with E-state index in [9.17, 15) is 4.79 Å². The lowest BCUT2D eigenvalue weighted by molar-refractivity contribution is 0.0816. The van der Waals surface area contributed by atoms with E-state index in [0.717, 1.165) is 33.5 Å². The van der Waals surface area contributed by atoms with Gasteiger partial charge in [0.1, 0.15) is 6.61 Å². The third kappa shape index (κ3) is 3.06. The molecule has 0 unspecified atom stereocenters. The van der Waals surface area contributed by atoms with Gasteiger partial charge >= 0.3 is 0 Å². The predicted octanol–water partition coefficient (Wildman–Crippen LogP) is 4.22. The monoisotopic (exact) mass is 344 g/mol. The fourth-order valence-corrected chi connectivity index (χ4v) is 3.20. The maximum atomic E-state index is 12.3. The number of aryl methyl sites for hydroxylation is 1. The van der Waals surface area contributed by atoms with Gasteiger partial charge in [0, 0.05) is 30.4 Å². The van der Waals surface area contributed by atoms with Gasteiger partial charge in [0.25, 0.3) is 5.91 Å². The van der Waals surface area contributed by atoms with Gasteiger partial charge in [0.05, 0.1) is 0 Å². The van der Waals surface area contributed by atoms with Crippen molar-refractivity contribution in [3.05, 3.63) is 83.0 Å². The highest BCUT2D eigenvalue weighted by Gasteiger charge is 2.25. The number of benzene rings is 2. The minimum absolute atomic E-state index is 0.0636. The second-order valence-corrected chi connectivity index (χ2v) is 6.61. The summed E-state index contributed by atoms with van der Waals surface area (Å²) in [7, 11) is 1.82. The van der Waals surface area contributed by atoms with Crippen LogP contribution in [0.2, 0.25) is 0 Å². The van der Waals surface area contributed by atoms with Crippen molar-refractivity contribution < 1.29 is 9.53 Å². The molecule has 3 aromatic rings. The Morgan fingerprint density at radius 1 is 1.04 bits per heavy atom. The van der Waals surface area contributed by atoms with Crippen molar-refractivity contribution in [2.75, 3.05) is 7.05 Å². The molecule has 1 amide bonds. The Kier molecular flexibility index (Phi) is 4.17. The number of carbonyl (C=O) groups excluding carboxylic acids is 1. The zero-order chi connectivity index (χ0) is 18.1. The van der Waals surface area contributed by atoms with Crippen LogP contribution in [0.1, 0.15) is 27.2 Å². The number of pyridine rings is 1. The number of rotatable bonds is 4. The van der Waals surface area contributed by atoms with Gasteiger partial charge in [-0.2, -0.15) is 0 Å². The Morgan fingerprint density at radius 2 is 1.85 bits per heavy atom. The maximum absolute atomic E-state index is 12.3. The van der Waals surface area contributed by atoms with E-state index in [-0.39, 0.29) is 5.91 Å². The molecule has 4 rings (SSSR count). The lowest BCUT2D eigenvalue weighted by Crippen LogP contribution is -2.17. The van der Waals surface area contributed by atoms with Crippen molar-refractivity contribution in [2.45, 2.75) is 20.1 Å². The molecule has 0 radical (unpaired) electrons. The lowest BCUT2D eigenvalue weighted by atomic mass is 10.0. The highest BCUT2D eigenvalue weighted by Crippen LogP contribution is 2.33. The van der Waals surface area contributed by atoms with Gasteiger partial charge in [-0.15, -0.1) is 0 Å². The van der Waals surface area contributed by atoms with Gasteiger partial charge in [-0.1, -0.05) is 42.5 Å². The smallest absolute Gasteiger partial charge is 0.254 e. The Bertz CT molecular complexity index is 967. The molecule has 1 aromatic heterocycles. The normalized spacial score (nSPS) is 13.0. The van der Waals surface area contributed by atoms with Crippen LogP contribution in [0.25, 0.3) is 11.1 Å². The molecule has 2 aromatic carbocycles. The zero-order valence-electron chi connectivity index (χ0n) is 14.9. The first kappa shape index (κ1) is 16.3. The lowest BCUT2D eigenvalue weighted by Gasteiger charge is -2.12. The van der Waals surface area contributed by atoms with E-state index in [1.165, 1.54) is 0 Å². The summed E-state index contributed by atoms with van der Waals surface area (Å²) in [6, 6.07) is 20.0. The molecular formula is C22H20N2O2. The number of fused-ring (bicyclic) bond motifs is 1. The standard InChI is InChI=1S/C22H20N2O2/c1-15-8-11-19(21(23-15)26-14-16-6-4-3-5-7-16)17-9-10-18-13-24(2)22(25)20(18)12-17/h3-12H,13-14H2,1-2H3. The van der Waals surface area contributed by atoms with Crippen LogP contribution in [-0.2, 0) is 13.2 Å². The van der Waals surface area contributed by atoms with Crippen LogP contribution < -0.4 is 4.74 Å². The molecular weight excluding hydrogens is 324 g/mol. The third-order valence-electron chi connectivity index (χ3n) is 4.62. The van der Waals surface area contributed by atoms with Crippen LogP contribution in [0.4, 0.5) is 0 Å². The number of aromatic nitrogens is 1. The number of ether oxygens (including phenoxy) is 1. The van der Waals surface area contributed by atoms with Gasteiger partial charge in [0.2, 0.25) is 5.88 Å². The second-order valence-electron chi connectivity index (χ2n) is 6.61. The molecule has 0 spiro atoms. The van der Waals surface area contributed by atoms with Crippen LogP contribution >= 0.6 is 0 Å². The van der Waals surface area contributed by atoms with Crippen LogP contribution in [0.5, 0.6) is 5.88 Å². The third-order valence-corrected chi connectivity index (χ3v) is 4.62. The van der Waals surface area contributed by atoms with E-state index in [1.54, 1.807) is 4.90 Å². The summed E-state index contributed by atoms with van der Waals surface area (Å²) in [6.45, 7) is 3.06. The molecule has 4 nitrogen and oxygen atoms in total. The molecule has 0 bridgehead atoms. The molecule has 1 aliphatic heterocycles. The van der Waals surface area contributed by atoms with Crippen LogP contribution in [-0.4, -0.2) is 22.8 Å². The number of carbonyl (C=O) groups is 1. The van der Waals surface area contributed by atoms with E-state index >= 15 is 0 Å². The van der Waals surface area contributed by atoms with Crippen molar-refractivity contribution in [3.8, 4) is 17.0 Å². The zero-order valence-corrected chi connectivity index (χ0v) is 14.9. The first-order valence-electron chi connectivity index (χ1n) is 8.65. The topological polar surface area (TPSA) is 42.4 Å². The molecule has 0 N–H and O–H groups in total. The van der Waals surface area contributed by atoms with E-state index in [2.05, 4.69) is 4.98 Å². The second kappa shape index (κ2) is 6.64. The fraction of sp³-hybridized carbons (Fsp3) is 0.182. The highest BCUT2D eigenvalue weighted by molar-refractivity contribution is 5.99. The summed E-state index contributed by atoms with van der Waals surface area (Å²) in [6.07, 6.45) is 0. The van der Waals surface area contributed by atoms with E-state index in [1.807, 2.05) is 74.6 Å². The molecule has 1 aliphatic rings. The molecule has 0 atom stereocenters. The van der Waals surface area contributed by atoms with Gasteiger partial charge in [-0.3, -0.25) is 4.79 Å². The number of hydrogen-bond acceptors (Lipinski definition) is 3. The SMILES string of the molecule is Cc1ccc(-c2ccc3c(c2)C(=O)N(C)C3)c(OCc2ccccc2)n1. The van der Waals surface area contributed by atoms with Crippen molar-refractivity contribution in [2.24, 2.45) is 0 Å². The van der Waals surface area contributed by atoms with Crippen molar-refractivity contribution in [3.63, 3.8) is 0 Å². The van der Waals surface area contributed by atoms with Crippen molar-refractivity contribution in [1.82, 2.24) is 9.88 Å². The van der Waals surface area contributed by atoms with Gasteiger partial charge < -0.3 is 9.64 Å². The predicted molar refractivity (Wildman–Crippen MR) is 101 cm³/mol. The molecule has 0 fully saturated rings. The minimum atomic E-state index is 0.0636. The van der Waals surface area contributed by atoms with E-state index < -0.39 is 0 Å². The van der Waals surface area contributed by atoms with Crippen LogP contribution in [0.3, 0.4) is 0 Å². The molecule has 0 saturated heterocycles. The summed E-state index contributed by atoms with van der Waals surface area (Å²) in [4.78, 5) is 18.6. The molecule has 0 aliphatic carbocycles. The first-order chi connectivity index (χ1) is 12.6. The van der Waals surface area contributed by atoms with Gasteiger partial charge in [0.15, 0.2) is 0 Å². The molecule has 130 valence electrons. The largest absolute Gasteiger partial charge is 0.472 e. The molecule has 2 heterocycles. The van der Waals surface area contributed by atoms with Crippen molar-refractivity contribution >= 4 is 5.91 Å². The molecule has 0 saturated carbocycles. The van der Waals surface area contributed by atoms with E-state index in [4.69, 9.17) is 4.74 Å². The fourth-order valence-electron chi connectivity index (χ4n) is 3.20. The van der Waals surface area contributed by atoms with Crippen molar-refractivity contribution in [1.29, 1.82) is 0 Å². The molecule has 26 heavy (non-hydrogen) atoms. The Balaban J connectivity index is 1.68. The summed E-state index contributed by atoms with van der Waals surface area (Å²) in [5, 5.41) is 0. The first-order valence-corrected chi connectivity index (χ1v) is 8.65. The summed E-state index contributed by atoms with van der Waals surface area (Å²) >= 11 is 0. The Labute approximate surface area is 153 Å². The Morgan fingerprint density at radius 3 is 2.65 bits per heavy atom. The average Bonchev–Trinajstić information content (AvgIpc) is 2.95. The van der Waals surface area contributed by atoms with Crippen LogP contribution in [0, 0.1) is 6.92 Å². The maximum Gasteiger partial charge on any atom is 0.254 e.